The molecule has 0 unspecified atom stereocenters. The summed E-state index contributed by atoms with van der Waals surface area (Å²) in [4.78, 5) is 62.4. The summed E-state index contributed by atoms with van der Waals surface area (Å²) in [6.45, 7) is 4.10. The van der Waals surface area contributed by atoms with E-state index in [-0.39, 0.29) is 40.4 Å². The standard InChI is InChI=1S/C36H49N9O15P2S/c1-17-42-29-22(30(48)43-17)41-14-45(29)31-25-18(9-46)20(58-31)10-55-62(52,63-16-54-33(50)35(5,6)7)60-26-24(47)23(44-13-40-21-27(37)38-12-39-28(21)44)19-8-36(19,26)11-56-61(51,59-25)57-15-53-32(49)34(2,3)4/h12-14,18-20,23-26,31,46-47H,8-11,15-16H2,1-7H3,(H2,37,38,39)(H,42,43,48)/t18-,19-,20-,23-,24+,25-,26+,31-,36-,61+,62+/m1/s1. The molecule has 4 aliphatic rings. The number of carbonyl (C=O) groups is 2. The Morgan fingerprint density at radius 3 is 2.41 bits per heavy atom. The zero-order valence-corrected chi connectivity index (χ0v) is 37.9. The normalized spacial score (nSPS) is 33.5. The molecule has 4 fully saturated rings. The van der Waals surface area contributed by atoms with Gasteiger partial charge < -0.3 is 39.7 Å². The third-order valence-electron chi connectivity index (χ3n) is 11.5. The molecule has 2 bridgehead atoms. The lowest BCUT2D eigenvalue weighted by atomic mass is 9.98. The molecule has 2 saturated heterocycles. The highest BCUT2D eigenvalue weighted by molar-refractivity contribution is 8.55. The van der Waals surface area contributed by atoms with Gasteiger partial charge in [0.2, 0.25) is 6.79 Å². The molecule has 6 heterocycles. The fourth-order valence-corrected chi connectivity index (χ4v) is 12.2. The van der Waals surface area contributed by atoms with Crippen LogP contribution >= 0.6 is 26.0 Å². The van der Waals surface area contributed by atoms with Crippen LogP contribution in [0.15, 0.2) is 23.8 Å². The SMILES string of the molecule is Cc1nc2c(ncn2[C@@H]2O[C@@H]3CO[P@](=O)(SCOC(=O)C(C)(C)C)O[C@H]4[C@@H](O)[C@H](n5cnc6c(N)ncnc65)[C@H]5C[C@@]54CO[P@@](=O)(OCOC(=O)C(C)(C)C)O[C@@H]2[C@@H]3CO)c(=O)[nH]1. The van der Waals surface area contributed by atoms with Crippen LogP contribution in [0.5, 0.6) is 0 Å². The smallest absolute Gasteiger partial charge is 0.454 e. The van der Waals surface area contributed by atoms with Crippen LogP contribution in [-0.4, -0.2) is 118 Å². The zero-order chi connectivity index (χ0) is 45.4. The summed E-state index contributed by atoms with van der Waals surface area (Å²) in [5.41, 5.74) is 2.91. The molecule has 2 aliphatic carbocycles. The summed E-state index contributed by atoms with van der Waals surface area (Å²) in [6.07, 6.45) is -2.73. The number of carbonyl (C=O) groups excluding carboxylic acids is 2. The van der Waals surface area contributed by atoms with E-state index in [1.807, 2.05) is 0 Å². The molecule has 4 aromatic heterocycles. The molecule has 0 aromatic carbocycles. The number of fused-ring (bicyclic) bond motifs is 4. The van der Waals surface area contributed by atoms with Crippen molar-refractivity contribution < 1.29 is 65.8 Å². The first-order valence-corrected chi connectivity index (χ1v) is 24.5. The fraction of sp³-hybridized carbons (Fsp3) is 0.667. The highest BCUT2D eigenvalue weighted by Crippen LogP contribution is 2.74. The van der Waals surface area contributed by atoms with Crippen molar-refractivity contribution in [2.24, 2.45) is 28.1 Å². The Morgan fingerprint density at radius 2 is 1.70 bits per heavy atom. The van der Waals surface area contributed by atoms with Gasteiger partial charge >= 0.3 is 26.6 Å². The Bertz CT molecular complexity index is 2580. The number of H-pyrrole nitrogens is 1. The first-order valence-electron chi connectivity index (χ1n) is 19.9. The van der Waals surface area contributed by atoms with Crippen LogP contribution in [0.25, 0.3) is 22.3 Å². The highest BCUT2D eigenvalue weighted by atomic mass is 32.7. The van der Waals surface area contributed by atoms with Gasteiger partial charge in [-0.2, -0.15) is 0 Å². The Kier molecular flexibility index (Phi) is 12.0. The van der Waals surface area contributed by atoms with Gasteiger partial charge in [-0.15, -0.1) is 0 Å². The van der Waals surface area contributed by atoms with Crippen molar-refractivity contribution in [3.05, 3.63) is 35.2 Å². The predicted octanol–water partition coefficient (Wildman–Crippen LogP) is 3.15. The summed E-state index contributed by atoms with van der Waals surface area (Å²) in [5.74, 6) is -3.14. The van der Waals surface area contributed by atoms with E-state index in [0.717, 1.165) is 0 Å². The van der Waals surface area contributed by atoms with Gasteiger partial charge in [0, 0.05) is 22.7 Å². The molecule has 2 aliphatic heterocycles. The van der Waals surface area contributed by atoms with E-state index in [2.05, 4.69) is 29.9 Å². The third-order valence-corrected chi connectivity index (χ3v) is 16.2. The first kappa shape index (κ1) is 45.7. The van der Waals surface area contributed by atoms with Crippen LogP contribution in [0, 0.1) is 35.0 Å². The van der Waals surface area contributed by atoms with Crippen molar-refractivity contribution in [3.63, 3.8) is 0 Å². The van der Waals surface area contributed by atoms with Crippen LogP contribution in [-0.2, 0) is 55.5 Å². The van der Waals surface area contributed by atoms with Crippen molar-refractivity contribution >= 4 is 66.1 Å². The number of phosphoric ester groups is 1. The minimum atomic E-state index is -4.95. The fourth-order valence-electron chi connectivity index (χ4n) is 8.07. The number of aliphatic hydroxyl groups is 2. The number of esters is 2. The van der Waals surface area contributed by atoms with Gasteiger partial charge in [-0.3, -0.25) is 37.0 Å². The Labute approximate surface area is 363 Å². The van der Waals surface area contributed by atoms with Gasteiger partial charge in [-0.05, 0) is 60.8 Å². The van der Waals surface area contributed by atoms with Gasteiger partial charge in [0.15, 0.2) is 28.9 Å². The summed E-state index contributed by atoms with van der Waals surface area (Å²) in [5, 5.41) is 23.1. The van der Waals surface area contributed by atoms with Crippen molar-refractivity contribution in [3.8, 4) is 0 Å². The maximum atomic E-state index is 15.1. The molecule has 1 spiro atoms. The van der Waals surface area contributed by atoms with Gasteiger partial charge in [0.25, 0.3) is 5.56 Å². The molecule has 2 saturated carbocycles. The average Bonchev–Trinajstić information content (AvgIpc) is 3.49. The van der Waals surface area contributed by atoms with Crippen molar-refractivity contribution in [2.75, 3.05) is 38.3 Å². The summed E-state index contributed by atoms with van der Waals surface area (Å²) in [7, 11) is -4.95. The lowest BCUT2D eigenvalue weighted by Crippen LogP contribution is -2.38. The second-order valence-electron chi connectivity index (χ2n) is 17.9. The molecule has 8 rings (SSSR count). The topological polar surface area (TPSA) is 316 Å². The monoisotopic (exact) mass is 941 g/mol. The second-order valence-corrected chi connectivity index (χ2v) is 23.5. The predicted molar refractivity (Wildman–Crippen MR) is 219 cm³/mol. The zero-order valence-electron chi connectivity index (χ0n) is 35.3. The Hall–Kier alpha value is -3.87. The van der Waals surface area contributed by atoms with Crippen LogP contribution in [0.4, 0.5) is 5.82 Å². The number of ether oxygens (including phenoxy) is 3. The molecular formula is C36H49N9O15P2S. The maximum Gasteiger partial charge on any atom is 0.478 e. The van der Waals surface area contributed by atoms with Crippen LogP contribution < -0.4 is 11.3 Å². The molecule has 0 amide bonds. The molecule has 5 N–H and O–H groups in total. The molecular weight excluding hydrogens is 892 g/mol. The number of aromatic nitrogens is 8. The first-order chi connectivity index (χ1) is 29.6. The van der Waals surface area contributed by atoms with E-state index < -0.39 is 129 Å². The number of nitrogen functional groups attached to an aromatic ring is 1. The number of hydrogen-bond donors (Lipinski definition) is 4. The average molecular weight is 942 g/mol. The van der Waals surface area contributed by atoms with Crippen LogP contribution in [0.1, 0.15) is 66.1 Å². The number of aromatic amines is 1. The summed E-state index contributed by atoms with van der Waals surface area (Å²) < 4.78 is 81.0. The molecule has 11 atom stereocenters. The molecule has 4 aromatic rings. The van der Waals surface area contributed by atoms with Crippen molar-refractivity contribution in [2.45, 2.75) is 91.6 Å². The summed E-state index contributed by atoms with van der Waals surface area (Å²) >= 11 is 0.545. The van der Waals surface area contributed by atoms with Crippen molar-refractivity contribution in [1.82, 2.24) is 39.0 Å². The molecule has 27 heteroatoms. The third kappa shape index (κ3) is 8.58. The minimum Gasteiger partial charge on any atom is -0.454 e. The number of aryl methyl sites for hydroxylation is 1. The minimum absolute atomic E-state index is 0.0443. The Balaban J connectivity index is 1.21. The van der Waals surface area contributed by atoms with E-state index >= 15 is 9.13 Å². The highest BCUT2D eigenvalue weighted by Gasteiger charge is 2.74. The Morgan fingerprint density at radius 1 is 1.00 bits per heavy atom. The number of nitrogens with two attached hydrogens (primary N) is 1. The van der Waals surface area contributed by atoms with E-state index in [0.29, 0.717) is 11.4 Å². The van der Waals surface area contributed by atoms with Gasteiger partial charge in [-0.25, -0.2) is 38.6 Å². The number of imidazole rings is 2. The molecule has 0 radical (unpaired) electrons. The largest absolute Gasteiger partial charge is 0.478 e. The van der Waals surface area contributed by atoms with Crippen LogP contribution in [0.2, 0.25) is 0 Å². The van der Waals surface area contributed by atoms with Gasteiger partial charge in [0.05, 0.1) is 55.5 Å². The summed E-state index contributed by atoms with van der Waals surface area (Å²) in [6, 6.07) is -0.853. The maximum absolute atomic E-state index is 15.1. The molecule has 63 heavy (non-hydrogen) atoms. The quantitative estimate of drug-likeness (QED) is 0.106. The number of hydrogen-bond acceptors (Lipinski definition) is 22. The number of nitrogens with zero attached hydrogens (tertiary/aromatic N) is 7. The molecule has 24 nitrogen and oxygen atoms in total. The van der Waals surface area contributed by atoms with Crippen LogP contribution in [0.3, 0.4) is 0 Å². The lowest BCUT2D eigenvalue weighted by Gasteiger charge is -2.32. The number of anilines is 1. The van der Waals surface area contributed by atoms with E-state index in [4.69, 9.17) is 42.6 Å². The lowest BCUT2D eigenvalue weighted by molar-refractivity contribution is -0.161. The van der Waals surface area contributed by atoms with E-state index in [1.165, 1.54) is 23.5 Å². The second kappa shape index (κ2) is 16.5. The van der Waals surface area contributed by atoms with E-state index in [1.54, 1.807) is 53.0 Å². The number of aliphatic hydroxyl groups excluding tert-OH is 2. The van der Waals surface area contributed by atoms with Gasteiger partial charge in [-0.1, -0.05) is 0 Å². The van der Waals surface area contributed by atoms with E-state index in [9.17, 15) is 24.6 Å². The van der Waals surface area contributed by atoms with Crippen molar-refractivity contribution in [1.29, 1.82) is 0 Å². The number of phosphoric acid groups is 1. The number of rotatable bonds is 9. The number of nitrogens with one attached hydrogen (secondary N) is 1. The van der Waals surface area contributed by atoms with Gasteiger partial charge in [0.1, 0.15) is 41.9 Å². The molecule has 344 valence electrons.